The molecule has 2 N–H and O–H groups in total. The van der Waals surface area contributed by atoms with E-state index >= 15 is 0 Å². The Kier molecular flexibility index (Phi) is 5.09. The first kappa shape index (κ1) is 14.5. The third-order valence-electron chi connectivity index (χ3n) is 2.93. The van der Waals surface area contributed by atoms with Crippen molar-refractivity contribution in [3.8, 4) is 0 Å². The Labute approximate surface area is 122 Å². The van der Waals surface area contributed by atoms with Crippen LogP contribution in [0.2, 0.25) is 0 Å². The van der Waals surface area contributed by atoms with Gasteiger partial charge in [-0.05, 0) is 48.6 Å². The molecular formula is C14H18N4OS. The van der Waals surface area contributed by atoms with Gasteiger partial charge in [0, 0.05) is 12.7 Å². The van der Waals surface area contributed by atoms with E-state index in [1.165, 1.54) is 5.56 Å². The summed E-state index contributed by atoms with van der Waals surface area (Å²) in [5.41, 5.74) is 1.89. The van der Waals surface area contributed by atoms with Crippen LogP contribution in [0.5, 0.6) is 0 Å². The SMILES string of the molecule is CN(C)[C@H](CNC(=O)Nc1cccnc1)c1ccsc1. The summed E-state index contributed by atoms with van der Waals surface area (Å²) in [4.78, 5) is 17.9. The molecule has 20 heavy (non-hydrogen) atoms. The fraction of sp³-hybridized carbons (Fsp3) is 0.286. The van der Waals surface area contributed by atoms with Gasteiger partial charge in [0.1, 0.15) is 0 Å². The highest BCUT2D eigenvalue weighted by atomic mass is 32.1. The summed E-state index contributed by atoms with van der Waals surface area (Å²) in [5.74, 6) is 0. The van der Waals surface area contributed by atoms with Gasteiger partial charge in [-0.2, -0.15) is 11.3 Å². The van der Waals surface area contributed by atoms with Crippen LogP contribution in [0.25, 0.3) is 0 Å². The average molecular weight is 290 g/mol. The van der Waals surface area contributed by atoms with Crippen molar-refractivity contribution in [1.82, 2.24) is 15.2 Å². The molecule has 0 radical (unpaired) electrons. The Bertz CT molecular complexity index is 527. The lowest BCUT2D eigenvalue weighted by Crippen LogP contribution is -2.36. The van der Waals surface area contributed by atoms with Gasteiger partial charge < -0.3 is 15.5 Å². The molecule has 2 aromatic rings. The van der Waals surface area contributed by atoms with Crippen LogP contribution in [-0.2, 0) is 0 Å². The van der Waals surface area contributed by atoms with Gasteiger partial charge >= 0.3 is 6.03 Å². The fourth-order valence-corrected chi connectivity index (χ4v) is 2.57. The number of amides is 2. The maximum atomic E-state index is 11.8. The minimum absolute atomic E-state index is 0.167. The Morgan fingerprint density at radius 2 is 2.30 bits per heavy atom. The number of thiophene rings is 1. The van der Waals surface area contributed by atoms with Gasteiger partial charge in [0.05, 0.1) is 17.9 Å². The Hall–Kier alpha value is -1.92. The van der Waals surface area contributed by atoms with E-state index in [1.54, 1.807) is 35.9 Å². The van der Waals surface area contributed by atoms with E-state index in [0.29, 0.717) is 12.2 Å². The first-order valence-electron chi connectivity index (χ1n) is 6.30. The molecule has 0 fully saturated rings. The van der Waals surface area contributed by atoms with Gasteiger partial charge in [-0.25, -0.2) is 4.79 Å². The van der Waals surface area contributed by atoms with Gasteiger partial charge in [0.2, 0.25) is 0 Å². The highest BCUT2D eigenvalue weighted by Gasteiger charge is 2.15. The third-order valence-corrected chi connectivity index (χ3v) is 3.63. The standard InChI is InChI=1S/C14H18N4OS/c1-18(2)13(11-5-7-20-10-11)9-16-14(19)17-12-4-3-6-15-8-12/h3-8,10,13H,9H2,1-2H3,(H2,16,17,19)/t13-/m1/s1. The Morgan fingerprint density at radius 3 is 2.90 bits per heavy atom. The van der Waals surface area contributed by atoms with E-state index in [-0.39, 0.29) is 12.1 Å². The number of nitrogens with one attached hydrogen (secondary N) is 2. The summed E-state index contributed by atoms with van der Waals surface area (Å²) in [7, 11) is 4.01. The molecule has 0 saturated carbocycles. The number of carbonyl (C=O) groups is 1. The molecule has 0 bridgehead atoms. The third kappa shape index (κ3) is 4.04. The fourth-order valence-electron chi connectivity index (χ4n) is 1.86. The maximum absolute atomic E-state index is 11.8. The maximum Gasteiger partial charge on any atom is 0.319 e. The molecule has 2 heterocycles. The van der Waals surface area contributed by atoms with Crippen molar-refractivity contribution in [2.45, 2.75) is 6.04 Å². The van der Waals surface area contributed by atoms with E-state index in [1.807, 2.05) is 19.5 Å². The Morgan fingerprint density at radius 1 is 1.45 bits per heavy atom. The predicted molar refractivity (Wildman–Crippen MR) is 82.0 cm³/mol. The molecule has 2 amide bonds. The van der Waals surface area contributed by atoms with Gasteiger partial charge in [0.25, 0.3) is 0 Å². The van der Waals surface area contributed by atoms with E-state index in [9.17, 15) is 4.79 Å². The minimum atomic E-state index is -0.222. The minimum Gasteiger partial charge on any atom is -0.336 e. The van der Waals surface area contributed by atoms with Gasteiger partial charge in [0.15, 0.2) is 0 Å². The van der Waals surface area contributed by atoms with Crippen LogP contribution in [0, 0.1) is 0 Å². The zero-order chi connectivity index (χ0) is 14.4. The number of urea groups is 1. The molecule has 1 atom stereocenters. The van der Waals surface area contributed by atoms with Crippen molar-refractivity contribution in [2.75, 3.05) is 26.0 Å². The van der Waals surface area contributed by atoms with Crippen molar-refractivity contribution in [3.05, 3.63) is 46.9 Å². The van der Waals surface area contributed by atoms with Crippen LogP contribution in [-0.4, -0.2) is 36.6 Å². The van der Waals surface area contributed by atoms with Crippen LogP contribution in [0.1, 0.15) is 11.6 Å². The summed E-state index contributed by atoms with van der Waals surface area (Å²) in [6.07, 6.45) is 3.28. The second-order valence-corrected chi connectivity index (χ2v) is 5.39. The molecule has 0 aliphatic rings. The molecular weight excluding hydrogens is 272 g/mol. The number of nitrogens with zero attached hydrogens (tertiary/aromatic N) is 2. The number of hydrogen-bond donors (Lipinski definition) is 2. The van der Waals surface area contributed by atoms with Crippen molar-refractivity contribution in [1.29, 1.82) is 0 Å². The molecule has 0 aliphatic heterocycles. The lowest BCUT2D eigenvalue weighted by Gasteiger charge is -2.24. The van der Waals surface area contributed by atoms with Gasteiger partial charge in [-0.15, -0.1) is 0 Å². The summed E-state index contributed by atoms with van der Waals surface area (Å²) < 4.78 is 0. The lowest BCUT2D eigenvalue weighted by molar-refractivity contribution is 0.243. The van der Waals surface area contributed by atoms with Gasteiger partial charge in [-0.3, -0.25) is 4.98 Å². The van der Waals surface area contributed by atoms with E-state index < -0.39 is 0 Å². The molecule has 106 valence electrons. The zero-order valence-electron chi connectivity index (χ0n) is 11.5. The normalized spacial score (nSPS) is 12.2. The van der Waals surface area contributed by atoms with E-state index in [0.717, 1.165) is 0 Å². The zero-order valence-corrected chi connectivity index (χ0v) is 12.4. The topological polar surface area (TPSA) is 57.3 Å². The lowest BCUT2D eigenvalue weighted by atomic mass is 10.1. The summed E-state index contributed by atoms with van der Waals surface area (Å²) in [6, 6.07) is 5.61. The van der Waals surface area contributed by atoms with Crippen LogP contribution in [0.3, 0.4) is 0 Å². The molecule has 2 aromatic heterocycles. The molecule has 0 aromatic carbocycles. The average Bonchev–Trinajstić information content (AvgIpc) is 2.93. The summed E-state index contributed by atoms with van der Waals surface area (Å²) >= 11 is 1.66. The van der Waals surface area contributed by atoms with Crippen LogP contribution in [0.15, 0.2) is 41.4 Å². The quantitative estimate of drug-likeness (QED) is 0.890. The number of likely N-dealkylation sites (N-methyl/N-ethyl adjacent to an activating group) is 1. The molecule has 0 aliphatic carbocycles. The summed E-state index contributed by atoms with van der Waals surface area (Å²) in [6.45, 7) is 0.551. The van der Waals surface area contributed by atoms with Gasteiger partial charge in [-0.1, -0.05) is 0 Å². The first-order valence-corrected chi connectivity index (χ1v) is 7.24. The first-order chi connectivity index (χ1) is 9.66. The van der Waals surface area contributed by atoms with Crippen molar-refractivity contribution < 1.29 is 4.79 Å². The van der Waals surface area contributed by atoms with E-state index in [4.69, 9.17) is 0 Å². The van der Waals surface area contributed by atoms with Crippen molar-refractivity contribution >= 4 is 23.1 Å². The molecule has 0 spiro atoms. The van der Waals surface area contributed by atoms with Crippen molar-refractivity contribution in [2.24, 2.45) is 0 Å². The smallest absolute Gasteiger partial charge is 0.319 e. The summed E-state index contributed by atoms with van der Waals surface area (Å²) in [5, 5.41) is 9.78. The predicted octanol–water partition coefficient (Wildman–Crippen LogP) is 2.57. The highest BCUT2D eigenvalue weighted by Crippen LogP contribution is 2.19. The second kappa shape index (κ2) is 7.02. The number of anilines is 1. The molecule has 6 heteroatoms. The molecule has 2 rings (SSSR count). The largest absolute Gasteiger partial charge is 0.336 e. The monoisotopic (exact) mass is 290 g/mol. The van der Waals surface area contributed by atoms with E-state index in [2.05, 4.69) is 32.0 Å². The number of hydrogen-bond acceptors (Lipinski definition) is 4. The van der Waals surface area contributed by atoms with Crippen LogP contribution >= 0.6 is 11.3 Å². The molecule has 5 nitrogen and oxygen atoms in total. The molecule has 0 saturated heterocycles. The second-order valence-electron chi connectivity index (χ2n) is 4.61. The number of pyridine rings is 1. The number of rotatable bonds is 5. The van der Waals surface area contributed by atoms with Crippen LogP contribution < -0.4 is 10.6 Å². The number of carbonyl (C=O) groups excluding carboxylic acids is 1. The highest BCUT2D eigenvalue weighted by molar-refractivity contribution is 7.07. The number of aromatic nitrogens is 1. The van der Waals surface area contributed by atoms with Crippen LogP contribution in [0.4, 0.5) is 10.5 Å². The van der Waals surface area contributed by atoms with Crippen molar-refractivity contribution in [3.63, 3.8) is 0 Å². The Balaban J connectivity index is 1.88. The molecule has 0 unspecified atom stereocenters.